The van der Waals surface area contributed by atoms with Gasteiger partial charge in [-0.25, -0.2) is 9.36 Å². The van der Waals surface area contributed by atoms with Crippen LogP contribution in [0.25, 0.3) is 0 Å². The van der Waals surface area contributed by atoms with E-state index in [1.807, 2.05) is 6.08 Å². The molecular weight excluding hydrogens is 573 g/mol. The Morgan fingerprint density at radius 2 is 1.58 bits per heavy atom. The van der Waals surface area contributed by atoms with Crippen molar-refractivity contribution in [3.05, 3.63) is 12.2 Å². The molecule has 0 radical (unpaired) electrons. The van der Waals surface area contributed by atoms with Crippen LogP contribution in [0.4, 0.5) is 4.79 Å². The van der Waals surface area contributed by atoms with Crippen molar-refractivity contribution in [1.82, 2.24) is 4.90 Å². The monoisotopic (exact) mass is 625 g/mol. The molecule has 1 fully saturated rings. The summed E-state index contributed by atoms with van der Waals surface area (Å²) in [6.07, 6.45) is 18.1. The fourth-order valence-electron chi connectivity index (χ4n) is 4.53. The second-order valence-corrected chi connectivity index (χ2v) is 13.7. The van der Waals surface area contributed by atoms with Crippen molar-refractivity contribution in [3.63, 3.8) is 0 Å². The van der Waals surface area contributed by atoms with Crippen LogP contribution in [0.15, 0.2) is 12.2 Å². The highest BCUT2D eigenvalue weighted by molar-refractivity contribution is 9.09. The minimum Gasteiger partial charge on any atom is -0.444 e. The Bertz CT molecular complexity index is 741. The first-order chi connectivity index (χ1) is 17.8. The first-order valence-corrected chi connectivity index (χ1v) is 17.0. The Kier molecular flexibility index (Phi) is 16.9. The predicted molar refractivity (Wildman–Crippen MR) is 157 cm³/mol. The summed E-state index contributed by atoms with van der Waals surface area (Å²) in [4.78, 5) is 24.6. The molecule has 1 aliphatic rings. The Balaban J connectivity index is 2.64. The van der Waals surface area contributed by atoms with Gasteiger partial charge in [-0.2, -0.15) is 0 Å². The van der Waals surface area contributed by atoms with E-state index in [-0.39, 0.29) is 13.2 Å². The largest absolute Gasteiger partial charge is 0.472 e. The highest BCUT2D eigenvalue weighted by Gasteiger charge is 2.51. The summed E-state index contributed by atoms with van der Waals surface area (Å²) < 4.78 is 34.3. The molecule has 0 aromatic carbocycles. The van der Waals surface area contributed by atoms with Crippen LogP contribution in [-0.2, 0) is 23.1 Å². The lowest BCUT2D eigenvalue weighted by Gasteiger charge is -2.35. The summed E-state index contributed by atoms with van der Waals surface area (Å²) in [6.45, 7) is 11.0. The normalized spacial score (nSPS) is 21.2. The van der Waals surface area contributed by atoms with Crippen LogP contribution in [-0.4, -0.2) is 57.9 Å². The molecule has 0 spiro atoms. The lowest BCUT2D eigenvalue weighted by molar-refractivity contribution is -0.0724. The fourth-order valence-corrected chi connectivity index (χ4v) is 5.68. The van der Waals surface area contributed by atoms with Crippen LogP contribution >= 0.6 is 23.8 Å². The average molecular weight is 627 g/mol. The zero-order chi connectivity index (χ0) is 28.7. The molecule has 1 unspecified atom stereocenters. The highest BCUT2D eigenvalue weighted by atomic mass is 79.9. The Hall–Kier alpha value is -0.440. The van der Waals surface area contributed by atoms with Gasteiger partial charge in [0.2, 0.25) is 0 Å². The molecule has 0 bridgehead atoms. The third-order valence-corrected chi connectivity index (χ3v) is 7.65. The summed E-state index contributed by atoms with van der Waals surface area (Å²) in [7, 11) is -4.28. The molecule has 1 N–H and O–H groups in total. The third kappa shape index (κ3) is 14.8. The van der Waals surface area contributed by atoms with Gasteiger partial charge in [0, 0.05) is 5.33 Å². The number of carbonyl (C=O) groups is 1. The van der Waals surface area contributed by atoms with E-state index >= 15 is 0 Å². The SMILES string of the molecule is CCCCCCCCCCCCC/C=C/[C@H]1OC(C)(C)N(C(=O)OC(C)(C)C)[C@H]1COP(=O)(O)OCCBr. The Labute approximate surface area is 239 Å². The second-order valence-electron chi connectivity index (χ2n) is 11.5. The number of amides is 1. The molecule has 38 heavy (non-hydrogen) atoms. The van der Waals surface area contributed by atoms with E-state index in [0.29, 0.717) is 5.33 Å². The van der Waals surface area contributed by atoms with Crippen LogP contribution in [0, 0.1) is 0 Å². The minimum absolute atomic E-state index is 0.0263. The van der Waals surface area contributed by atoms with Crippen molar-refractivity contribution < 1.29 is 32.8 Å². The molecule has 1 rings (SSSR count). The van der Waals surface area contributed by atoms with Crippen LogP contribution in [0.2, 0.25) is 0 Å². The molecule has 0 aromatic heterocycles. The lowest BCUT2D eigenvalue weighted by atomic mass is 10.0. The molecular formula is C28H53BrNO7P. The van der Waals surface area contributed by atoms with E-state index in [2.05, 4.69) is 28.9 Å². The van der Waals surface area contributed by atoms with E-state index in [4.69, 9.17) is 18.5 Å². The molecule has 224 valence electrons. The van der Waals surface area contributed by atoms with E-state index < -0.39 is 37.4 Å². The second kappa shape index (κ2) is 18.1. The van der Waals surface area contributed by atoms with Crippen molar-refractivity contribution in [3.8, 4) is 0 Å². The van der Waals surface area contributed by atoms with Crippen molar-refractivity contribution in [2.24, 2.45) is 0 Å². The maximum Gasteiger partial charge on any atom is 0.472 e. The van der Waals surface area contributed by atoms with E-state index in [1.165, 1.54) is 69.1 Å². The maximum absolute atomic E-state index is 13.1. The Morgan fingerprint density at radius 1 is 1.03 bits per heavy atom. The highest BCUT2D eigenvalue weighted by Crippen LogP contribution is 2.45. The number of phosphoric acid groups is 1. The fraction of sp³-hybridized carbons (Fsp3) is 0.893. The number of hydrogen-bond donors (Lipinski definition) is 1. The average Bonchev–Trinajstić information content (AvgIpc) is 3.07. The molecule has 1 heterocycles. The molecule has 1 amide bonds. The minimum atomic E-state index is -4.28. The zero-order valence-electron chi connectivity index (χ0n) is 24.6. The number of nitrogens with zero attached hydrogens (tertiary/aromatic N) is 1. The van der Waals surface area contributed by atoms with Gasteiger partial charge >= 0.3 is 13.9 Å². The number of carbonyl (C=O) groups excluding carboxylic acids is 1. The smallest absolute Gasteiger partial charge is 0.444 e. The van der Waals surface area contributed by atoms with Crippen LogP contribution in [0.5, 0.6) is 0 Å². The van der Waals surface area contributed by atoms with Crippen LogP contribution in [0.3, 0.4) is 0 Å². The lowest BCUT2D eigenvalue weighted by Crippen LogP contribution is -2.51. The summed E-state index contributed by atoms with van der Waals surface area (Å²) in [5.41, 5.74) is -1.69. The number of hydrogen-bond acceptors (Lipinski definition) is 6. The van der Waals surface area contributed by atoms with Gasteiger partial charge in [-0.3, -0.25) is 13.9 Å². The summed E-state index contributed by atoms with van der Waals surface area (Å²) in [5, 5.41) is 0.398. The Morgan fingerprint density at radius 3 is 2.11 bits per heavy atom. The van der Waals surface area contributed by atoms with Crippen molar-refractivity contribution in [1.29, 1.82) is 0 Å². The molecule has 8 nitrogen and oxygen atoms in total. The molecule has 0 aliphatic carbocycles. The van der Waals surface area contributed by atoms with Gasteiger partial charge in [0.05, 0.1) is 19.3 Å². The summed E-state index contributed by atoms with van der Waals surface area (Å²) >= 11 is 3.16. The zero-order valence-corrected chi connectivity index (χ0v) is 27.1. The maximum atomic E-state index is 13.1. The number of phosphoric ester groups is 1. The van der Waals surface area contributed by atoms with Gasteiger partial charge in [0.25, 0.3) is 0 Å². The predicted octanol–water partition coefficient (Wildman–Crippen LogP) is 8.51. The van der Waals surface area contributed by atoms with Crippen molar-refractivity contribution >= 4 is 29.8 Å². The van der Waals surface area contributed by atoms with Crippen LogP contribution in [0.1, 0.15) is 119 Å². The van der Waals surface area contributed by atoms with Crippen LogP contribution < -0.4 is 0 Å². The van der Waals surface area contributed by atoms with Gasteiger partial charge < -0.3 is 14.4 Å². The molecule has 1 aliphatic heterocycles. The quantitative estimate of drug-likeness (QED) is 0.0665. The molecule has 10 heteroatoms. The standard InChI is InChI=1S/C28H53BrNO7P/c1-7-8-9-10-11-12-13-14-15-16-17-18-19-20-25-24(23-35-38(32,33)34-22-21-29)30(28(5,6)36-25)26(31)37-27(2,3)4/h19-20,24-25H,7-18,21-23H2,1-6H3,(H,32,33)/b20-19+/t24-,25+/m0/s1. The summed E-state index contributed by atoms with van der Waals surface area (Å²) in [5.74, 6) is 0. The van der Waals surface area contributed by atoms with Gasteiger partial charge in [-0.15, -0.1) is 0 Å². The molecule has 3 atom stereocenters. The molecule has 0 aromatic rings. The van der Waals surface area contributed by atoms with Gasteiger partial charge in [-0.1, -0.05) is 99.2 Å². The number of allylic oxidation sites excluding steroid dienone is 1. The van der Waals surface area contributed by atoms with Crippen molar-refractivity contribution in [2.45, 2.75) is 142 Å². The van der Waals surface area contributed by atoms with Gasteiger partial charge in [0.1, 0.15) is 17.4 Å². The number of halogens is 1. The van der Waals surface area contributed by atoms with E-state index in [0.717, 1.165) is 12.8 Å². The molecule has 1 saturated heterocycles. The summed E-state index contributed by atoms with van der Waals surface area (Å²) in [6, 6.07) is -0.651. The topological polar surface area (TPSA) is 94.5 Å². The number of ether oxygens (including phenoxy) is 2. The third-order valence-electron chi connectivity index (χ3n) is 6.35. The van der Waals surface area contributed by atoms with Gasteiger partial charge in [-0.05, 0) is 47.5 Å². The first kappa shape index (κ1) is 35.6. The first-order valence-electron chi connectivity index (χ1n) is 14.4. The van der Waals surface area contributed by atoms with E-state index in [1.54, 1.807) is 34.6 Å². The van der Waals surface area contributed by atoms with E-state index in [9.17, 15) is 14.3 Å². The van der Waals surface area contributed by atoms with Gasteiger partial charge in [0.15, 0.2) is 0 Å². The number of alkyl halides is 1. The number of unbranched alkanes of at least 4 members (excludes halogenated alkanes) is 11. The number of rotatable bonds is 19. The molecule has 0 saturated carbocycles. The van der Waals surface area contributed by atoms with Crippen molar-refractivity contribution in [2.75, 3.05) is 18.5 Å².